The number of benzene rings is 2. The molecule has 0 spiro atoms. The maximum absolute atomic E-state index is 14.3. The van der Waals surface area contributed by atoms with Crippen LogP contribution in [0.4, 0.5) is 17.6 Å². The Labute approximate surface area is 277 Å². The second kappa shape index (κ2) is 15.1. The Hall–Kier alpha value is -5.68. The molecular formula is C34H17F4N4O4Ru. The Morgan fingerprint density at radius 1 is 0.617 bits per heavy atom. The van der Waals surface area contributed by atoms with Crippen LogP contribution in [0.2, 0.25) is 0 Å². The van der Waals surface area contributed by atoms with Crippen LogP contribution in [0, 0.1) is 35.4 Å². The van der Waals surface area contributed by atoms with Gasteiger partial charge in [0.05, 0.1) is 17.1 Å². The van der Waals surface area contributed by atoms with Crippen LogP contribution < -0.4 is 5.11 Å². The summed E-state index contributed by atoms with van der Waals surface area (Å²) in [5.41, 5.74) is 0.636. The molecule has 2 aromatic carbocycles. The average Bonchev–Trinajstić information content (AvgIpc) is 3.05. The number of aromatic nitrogens is 4. The fourth-order valence-corrected chi connectivity index (χ4v) is 4.42. The molecule has 1 N–H and O–H groups in total. The van der Waals surface area contributed by atoms with Gasteiger partial charge in [-0.1, -0.05) is 35.4 Å². The topological polar surface area (TPSA) is 129 Å². The second-order valence-corrected chi connectivity index (χ2v) is 9.31. The van der Waals surface area contributed by atoms with E-state index < -0.39 is 40.9 Å². The van der Waals surface area contributed by atoms with Crippen LogP contribution in [0.15, 0.2) is 97.6 Å². The summed E-state index contributed by atoms with van der Waals surface area (Å²) in [7, 11) is 0. The van der Waals surface area contributed by atoms with Crippen LogP contribution in [-0.2, 0) is 19.5 Å². The third-order valence-electron chi connectivity index (χ3n) is 6.32. The minimum atomic E-state index is -1.52. The third kappa shape index (κ3) is 7.95. The van der Waals surface area contributed by atoms with Crippen LogP contribution in [-0.4, -0.2) is 37.0 Å². The van der Waals surface area contributed by atoms with E-state index >= 15 is 0 Å². The second-order valence-electron chi connectivity index (χ2n) is 9.31. The number of carboxylic acids is 2. The van der Waals surface area contributed by atoms with E-state index in [2.05, 4.69) is 32.1 Å². The molecule has 0 amide bonds. The van der Waals surface area contributed by atoms with Gasteiger partial charge >= 0.3 is 19.5 Å². The molecule has 0 aliphatic heterocycles. The van der Waals surface area contributed by atoms with Gasteiger partial charge in [-0.2, -0.15) is 0 Å². The first-order valence-electron chi connectivity index (χ1n) is 13.1. The molecule has 6 aromatic rings. The maximum atomic E-state index is 14.3. The minimum absolute atomic E-state index is 0. The number of hydrogen-bond donors (Lipinski definition) is 1. The summed E-state index contributed by atoms with van der Waals surface area (Å²) in [5.74, 6) is -5.97. The fourth-order valence-electron chi connectivity index (χ4n) is 4.42. The van der Waals surface area contributed by atoms with Crippen LogP contribution in [0.25, 0.3) is 44.8 Å². The molecule has 1 radical (unpaired) electrons. The smallest absolute Gasteiger partial charge is 0.600 e. The number of carboxylic acid groups (broad SMARTS) is 2. The van der Waals surface area contributed by atoms with Crippen molar-refractivity contribution in [2.45, 2.75) is 0 Å². The average molecular weight is 723 g/mol. The number of hydrogen-bond acceptors (Lipinski definition) is 7. The Kier molecular flexibility index (Phi) is 11.0. The number of aromatic carboxylic acids is 2. The van der Waals surface area contributed by atoms with Crippen molar-refractivity contribution in [3.63, 3.8) is 0 Å². The Morgan fingerprint density at radius 3 is 1.47 bits per heavy atom. The van der Waals surface area contributed by atoms with Gasteiger partial charge in [0.15, 0.2) is 0 Å². The first kappa shape index (κ1) is 34.2. The monoisotopic (exact) mass is 723 g/mol. The molecule has 233 valence electrons. The fraction of sp³-hybridized carbons (Fsp3) is 0. The van der Waals surface area contributed by atoms with E-state index in [1.165, 1.54) is 36.9 Å². The van der Waals surface area contributed by atoms with Crippen molar-refractivity contribution in [2.24, 2.45) is 0 Å². The zero-order valence-electron chi connectivity index (χ0n) is 23.6. The zero-order valence-corrected chi connectivity index (χ0v) is 25.3. The molecule has 0 aliphatic carbocycles. The van der Waals surface area contributed by atoms with Crippen LogP contribution in [0.3, 0.4) is 0 Å². The Morgan fingerprint density at radius 2 is 1.06 bits per heavy atom. The standard InChI is InChI=1S/2C17H9F2N2O2.Ru/c2*18-11-8-12(10-4-6-21-15(7-10)17(22)23)16(13(19)9-11)14-3-1-2-5-20-14;/h2*1-6,8-9H,(H,22,23);/q2*-1;+3/p-1. The van der Waals surface area contributed by atoms with Gasteiger partial charge in [-0.05, 0) is 36.7 Å². The largest absolute Gasteiger partial charge is 3.00 e. The van der Waals surface area contributed by atoms with E-state index in [9.17, 15) is 32.3 Å². The van der Waals surface area contributed by atoms with Crippen molar-refractivity contribution in [3.8, 4) is 44.8 Å². The molecule has 47 heavy (non-hydrogen) atoms. The van der Waals surface area contributed by atoms with Crippen molar-refractivity contribution in [2.75, 3.05) is 0 Å². The van der Waals surface area contributed by atoms with Crippen molar-refractivity contribution in [1.29, 1.82) is 0 Å². The summed E-state index contributed by atoms with van der Waals surface area (Å²) in [4.78, 5) is 37.3. The van der Waals surface area contributed by atoms with E-state index in [4.69, 9.17) is 5.11 Å². The molecule has 6 rings (SSSR count). The van der Waals surface area contributed by atoms with Gasteiger partial charge < -0.3 is 19.8 Å². The van der Waals surface area contributed by atoms with Crippen LogP contribution >= 0.6 is 0 Å². The zero-order chi connectivity index (χ0) is 32.8. The molecule has 4 heterocycles. The Bertz CT molecular complexity index is 1920. The molecule has 0 fully saturated rings. The molecule has 0 atom stereocenters. The van der Waals surface area contributed by atoms with Gasteiger partial charge in [0.25, 0.3) is 5.97 Å². The van der Waals surface area contributed by atoms with E-state index in [-0.39, 0.29) is 58.6 Å². The first-order chi connectivity index (χ1) is 22.1. The summed E-state index contributed by atoms with van der Waals surface area (Å²) in [5, 5.41) is 19.9. The molecule has 8 nitrogen and oxygen atoms in total. The van der Waals surface area contributed by atoms with E-state index in [1.807, 2.05) is 0 Å². The number of halogens is 4. The van der Waals surface area contributed by atoms with Gasteiger partial charge in [-0.25, -0.2) is 17.6 Å². The van der Waals surface area contributed by atoms with Gasteiger partial charge in [-0.3, -0.25) is 19.9 Å². The summed E-state index contributed by atoms with van der Waals surface area (Å²) in [6.45, 7) is 0. The number of nitrogens with zero attached hydrogens (tertiary/aromatic N) is 4. The van der Waals surface area contributed by atoms with Gasteiger partial charge in [0, 0.05) is 47.3 Å². The van der Waals surface area contributed by atoms with Crippen LogP contribution in [0.5, 0.6) is 0 Å². The first-order valence-corrected chi connectivity index (χ1v) is 13.1. The Balaban J connectivity index is 0.000000208. The minimum Gasteiger partial charge on any atom is -0.600 e. The quantitative estimate of drug-likeness (QED) is 0.129. The van der Waals surface area contributed by atoms with Crippen molar-refractivity contribution in [3.05, 3.63) is 144 Å². The van der Waals surface area contributed by atoms with Gasteiger partial charge in [0.1, 0.15) is 23.3 Å². The molecule has 0 saturated carbocycles. The molecule has 0 aliphatic rings. The van der Waals surface area contributed by atoms with Gasteiger partial charge in [-0.15, -0.1) is 35.4 Å². The predicted molar refractivity (Wildman–Crippen MR) is 155 cm³/mol. The summed E-state index contributed by atoms with van der Waals surface area (Å²) >= 11 is 0. The molecule has 4 aromatic heterocycles. The van der Waals surface area contributed by atoms with Crippen molar-refractivity contribution < 1.29 is 56.8 Å². The van der Waals surface area contributed by atoms with Crippen molar-refractivity contribution in [1.82, 2.24) is 19.9 Å². The number of pyridine rings is 4. The maximum Gasteiger partial charge on any atom is 3.00 e. The molecule has 13 heteroatoms. The molecule has 0 saturated heterocycles. The van der Waals surface area contributed by atoms with E-state index in [1.54, 1.807) is 36.4 Å². The number of carbonyl (C=O) groups excluding carboxylic acids is 1. The summed E-state index contributed by atoms with van der Waals surface area (Å²) < 4.78 is 55.9. The molecule has 0 bridgehead atoms. The van der Waals surface area contributed by atoms with Crippen molar-refractivity contribution >= 4 is 11.9 Å². The number of rotatable bonds is 6. The molecular weight excluding hydrogens is 705 g/mol. The summed E-state index contributed by atoms with van der Waals surface area (Å²) in [6.07, 6.45) is 5.42. The van der Waals surface area contributed by atoms with E-state index in [0.717, 1.165) is 24.3 Å². The van der Waals surface area contributed by atoms with Gasteiger partial charge in [0.2, 0.25) is 0 Å². The number of carbonyl (C=O) groups is 2. The van der Waals surface area contributed by atoms with Crippen LogP contribution in [0.1, 0.15) is 21.0 Å². The SMILES string of the molecule is O=C(O)c1[c-]c(-c2cc(F)cc(F)c2-c2ccccn2)ccn1.O=C([O-])c1[c-]c(-c2cc(F)cc(F)c2-c2ccccn2)ccn1.[Ru+3]. The normalized spacial score (nSPS) is 10.3. The third-order valence-corrected chi connectivity index (χ3v) is 6.32. The molecule has 0 unspecified atom stereocenters. The van der Waals surface area contributed by atoms with E-state index in [0.29, 0.717) is 11.4 Å². The predicted octanol–water partition coefficient (Wildman–Crippen LogP) is 5.84. The summed E-state index contributed by atoms with van der Waals surface area (Å²) in [6, 6.07) is 21.4.